The fourth-order valence-corrected chi connectivity index (χ4v) is 3.49. The fourth-order valence-electron chi connectivity index (χ4n) is 3.49. The average Bonchev–Trinajstić information content (AvgIpc) is 2.77. The predicted octanol–water partition coefficient (Wildman–Crippen LogP) is 2.36. The minimum atomic E-state index is -0.317. The first-order valence-corrected chi connectivity index (χ1v) is 9.59. The summed E-state index contributed by atoms with van der Waals surface area (Å²) in [7, 11) is 1.59. The summed E-state index contributed by atoms with van der Waals surface area (Å²) in [5, 5.41) is 8.17. The second-order valence-electron chi connectivity index (χ2n) is 7.01. The Hall–Kier alpha value is -3.48. The number of amides is 1. The Morgan fingerprint density at radius 3 is 2.59 bits per heavy atom. The van der Waals surface area contributed by atoms with Gasteiger partial charge in [-0.05, 0) is 41.8 Å². The molecule has 7 nitrogen and oxygen atoms in total. The van der Waals surface area contributed by atoms with E-state index < -0.39 is 0 Å². The molecule has 0 aliphatic carbocycles. The summed E-state index contributed by atoms with van der Waals surface area (Å²) in [6.07, 6.45) is 1.36. The van der Waals surface area contributed by atoms with Crippen LogP contribution >= 0.6 is 0 Å². The molecule has 0 spiro atoms. The molecule has 3 aromatic rings. The monoisotopic (exact) mass is 390 g/mol. The van der Waals surface area contributed by atoms with Gasteiger partial charge in [0.2, 0.25) is 5.91 Å². The van der Waals surface area contributed by atoms with Crippen molar-refractivity contribution in [2.24, 2.45) is 0 Å². The van der Waals surface area contributed by atoms with Gasteiger partial charge in [-0.1, -0.05) is 24.3 Å². The van der Waals surface area contributed by atoms with Crippen molar-refractivity contribution in [3.63, 3.8) is 0 Å². The quantitative estimate of drug-likeness (QED) is 0.723. The van der Waals surface area contributed by atoms with E-state index >= 15 is 0 Å². The molecular formula is C22H22N4O3. The van der Waals surface area contributed by atoms with Crippen LogP contribution in [0.4, 0.5) is 0 Å². The summed E-state index contributed by atoms with van der Waals surface area (Å²) in [4.78, 5) is 29.6. The molecule has 4 rings (SSSR count). The SMILES string of the molecule is COc1ccc(-c2nnc(CCC(=O)N3CCc4ccccc4C3)c(=O)[nH]2)cc1. The van der Waals surface area contributed by atoms with Crippen molar-refractivity contribution in [1.82, 2.24) is 20.1 Å². The van der Waals surface area contributed by atoms with E-state index in [0.29, 0.717) is 18.9 Å². The first-order valence-electron chi connectivity index (χ1n) is 9.59. The molecule has 148 valence electrons. The Balaban J connectivity index is 1.39. The number of aromatic nitrogens is 3. The number of carbonyl (C=O) groups is 1. The topological polar surface area (TPSA) is 88.2 Å². The van der Waals surface area contributed by atoms with Crippen LogP contribution in [0, 0.1) is 0 Å². The molecule has 1 N–H and O–H groups in total. The van der Waals surface area contributed by atoms with Gasteiger partial charge < -0.3 is 14.6 Å². The first-order chi connectivity index (χ1) is 14.1. The third-order valence-electron chi connectivity index (χ3n) is 5.19. The maximum Gasteiger partial charge on any atom is 0.273 e. The first kappa shape index (κ1) is 18.9. The maximum absolute atomic E-state index is 12.6. The Kier molecular flexibility index (Phi) is 5.37. The number of nitrogens with zero attached hydrogens (tertiary/aromatic N) is 3. The van der Waals surface area contributed by atoms with Gasteiger partial charge in [0.05, 0.1) is 7.11 Å². The van der Waals surface area contributed by atoms with Gasteiger partial charge in [0.25, 0.3) is 5.56 Å². The van der Waals surface area contributed by atoms with Crippen molar-refractivity contribution in [1.29, 1.82) is 0 Å². The minimum Gasteiger partial charge on any atom is -0.497 e. The van der Waals surface area contributed by atoms with Gasteiger partial charge in [-0.25, -0.2) is 0 Å². The van der Waals surface area contributed by atoms with E-state index in [2.05, 4.69) is 27.3 Å². The van der Waals surface area contributed by atoms with Gasteiger partial charge in [0.15, 0.2) is 5.82 Å². The summed E-state index contributed by atoms with van der Waals surface area (Å²) < 4.78 is 5.13. The van der Waals surface area contributed by atoms with Crippen LogP contribution in [-0.4, -0.2) is 39.6 Å². The highest BCUT2D eigenvalue weighted by atomic mass is 16.5. The van der Waals surface area contributed by atoms with Crippen molar-refractivity contribution < 1.29 is 9.53 Å². The average molecular weight is 390 g/mol. The lowest BCUT2D eigenvalue weighted by atomic mass is 9.99. The van der Waals surface area contributed by atoms with Crippen molar-refractivity contribution in [3.05, 3.63) is 75.7 Å². The van der Waals surface area contributed by atoms with Crippen LogP contribution in [0.5, 0.6) is 5.75 Å². The lowest BCUT2D eigenvalue weighted by Crippen LogP contribution is -2.36. The number of ether oxygens (including phenoxy) is 1. The minimum absolute atomic E-state index is 0.0277. The van der Waals surface area contributed by atoms with E-state index in [4.69, 9.17) is 4.74 Å². The zero-order valence-electron chi connectivity index (χ0n) is 16.2. The van der Waals surface area contributed by atoms with Crippen LogP contribution < -0.4 is 10.3 Å². The number of methoxy groups -OCH3 is 1. The number of carbonyl (C=O) groups excluding carboxylic acids is 1. The van der Waals surface area contributed by atoms with Crippen LogP contribution in [0.15, 0.2) is 53.3 Å². The second-order valence-corrected chi connectivity index (χ2v) is 7.01. The van der Waals surface area contributed by atoms with Crippen molar-refractivity contribution in [3.8, 4) is 17.1 Å². The van der Waals surface area contributed by atoms with Crippen molar-refractivity contribution in [2.75, 3.05) is 13.7 Å². The number of aryl methyl sites for hydroxylation is 1. The molecule has 1 aliphatic rings. The molecule has 0 bridgehead atoms. The van der Waals surface area contributed by atoms with E-state index in [1.54, 1.807) is 31.4 Å². The zero-order chi connectivity index (χ0) is 20.2. The molecular weight excluding hydrogens is 368 g/mol. The van der Waals surface area contributed by atoms with Gasteiger partial charge in [-0.2, -0.15) is 0 Å². The molecule has 7 heteroatoms. The number of rotatable bonds is 5. The molecule has 0 unspecified atom stereocenters. The van der Waals surface area contributed by atoms with Crippen LogP contribution in [0.1, 0.15) is 23.2 Å². The Labute approximate surface area is 168 Å². The third kappa shape index (κ3) is 4.18. The molecule has 1 aromatic heterocycles. The molecule has 1 aliphatic heterocycles. The number of hydrogen-bond acceptors (Lipinski definition) is 5. The van der Waals surface area contributed by atoms with E-state index in [0.717, 1.165) is 17.7 Å². The standard InChI is InChI=1S/C22H22N4O3/c1-29-18-8-6-16(7-9-18)21-23-22(28)19(24-25-21)10-11-20(27)26-13-12-15-4-2-3-5-17(15)14-26/h2-9H,10-14H2,1H3,(H,23,25,28). The van der Waals surface area contributed by atoms with Gasteiger partial charge in [0.1, 0.15) is 11.4 Å². The number of fused-ring (bicyclic) bond motifs is 1. The number of benzene rings is 2. The van der Waals surface area contributed by atoms with Crippen LogP contribution in [0.2, 0.25) is 0 Å². The summed E-state index contributed by atoms with van der Waals surface area (Å²) in [6.45, 7) is 1.32. The number of aromatic amines is 1. The second kappa shape index (κ2) is 8.26. The Bertz CT molecular complexity index is 1080. The van der Waals surface area contributed by atoms with Gasteiger partial charge in [0, 0.05) is 31.5 Å². The Morgan fingerprint density at radius 2 is 1.86 bits per heavy atom. The highest BCUT2D eigenvalue weighted by molar-refractivity contribution is 5.76. The zero-order valence-corrected chi connectivity index (χ0v) is 16.2. The van der Waals surface area contributed by atoms with E-state index in [1.807, 2.05) is 17.0 Å². The molecule has 0 atom stereocenters. The molecule has 0 saturated carbocycles. The lowest BCUT2D eigenvalue weighted by Gasteiger charge is -2.28. The molecule has 2 aromatic carbocycles. The van der Waals surface area contributed by atoms with Gasteiger partial charge in [-0.3, -0.25) is 9.59 Å². The number of H-pyrrole nitrogens is 1. The third-order valence-corrected chi connectivity index (χ3v) is 5.19. The molecule has 1 amide bonds. The molecule has 2 heterocycles. The predicted molar refractivity (Wildman–Crippen MR) is 109 cm³/mol. The molecule has 0 saturated heterocycles. The van der Waals surface area contributed by atoms with E-state index in [-0.39, 0.29) is 30.0 Å². The normalized spacial score (nSPS) is 13.1. The highest BCUT2D eigenvalue weighted by Gasteiger charge is 2.20. The maximum atomic E-state index is 12.6. The van der Waals surface area contributed by atoms with Crippen molar-refractivity contribution >= 4 is 5.91 Å². The molecule has 0 radical (unpaired) electrons. The van der Waals surface area contributed by atoms with Crippen LogP contribution in [0.25, 0.3) is 11.4 Å². The lowest BCUT2D eigenvalue weighted by molar-refractivity contribution is -0.132. The summed E-state index contributed by atoms with van der Waals surface area (Å²) in [5.74, 6) is 1.14. The molecule has 0 fully saturated rings. The fraction of sp³-hybridized carbons (Fsp3) is 0.273. The number of nitrogens with one attached hydrogen (secondary N) is 1. The number of hydrogen-bond donors (Lipinski definition) is 1. The van der Waals surface area contributed by atoms with Crippen LogP contribution in [0.3, 0.4) is 0 Å². The highest BCUT2D eigenvalue weighted by Crippen LogP contribution is 2.20. The smallest absolute Gasteiger partial charge is 0.273 e. The summed E-state index contributed by atoms with van der Waals surface area (Å²) in [6, 6.07) is 15.4. The van der Waals surface area contributed by atoms with Gasteiger partial charge >= 0.3 is 0 Å². The largest absolute Gasteiger partial charge is 0.497 e. The summed E-state index contributed by atoms with van der Waals surface area (Å²) in [5.41, 5.74) is 3.18. The molecule has 29 heavy (non-hydrogen) atoms. The summed E-state index contributed by atoms with van der Waals surface area (Å²) >= 11 is 0. The van der Waals surface area contributed by atoms with E-state index in [9.17, 15) is 9.59 Å². The van der Waals surface area contributed by atoms with Crippen LogP contribution in [-0.2, 0) is 24.2 Å². The Morgan fingerprint density at radius 1 is 1.10 bits per heavy atom. The van der Waals surface area contributed by atoms with Crippen molar-refractivity contribution in [2.45, 2.75) is 25.8 Å². The van der Waals surface area contributed by atoms with E-state index in [1.165, 1.54) is 11.1 Å². The van der Waals surface area contributed by atoms with Gasteiger partial charge in [-0.15, -0.1) is 10.2 Å².